The third-order valence-electron chi connectivity index (χ3n) is 5.23. The number of ether oxygens (including phenoxy) is 2. The van der Waals surface area contributed by atoms with E-state index in [1.54, 1.807) is 19.1 Å². The van der Waals surface area contributed by atoms with Gasteiger partial charge in [-0.25, -0.2) is 9.50 Å². The number of rotatable bonds is 4. The van der Waals surface area contributed by atoms with Gasteiger partial charge in [0.2, 0.25) is 0 Å². The van der Waals surface area contributed by atoms with Crippen LogP contribution in [-0.4, -0.2) is 61.7 Å². The molecule has 0 unspecified atom stereocenters. The lowest BCUT2D eigenvalue weighted by molar-refractivity contribution is -0.156. The largest absolute Gasteiger partial charge is 0.462 e. The maximum atomic E-state index is 12.2. The lowest BCUT2D eigenvalue weighted by Gasteiger charge is -2.27. The smallest absolute Gasteiger partial charge is 0.323 e. The molecule has 0 radical (unpaired) electrons. The fourth-order valence-corrected chi connectivity index (χ4v) is 3.26. The van der Waals surface area contributed by atoms with Crippen molar-refractivity contribution in [3.63, 3.8) is 0 Å². The van der Waals surface area contributed by atoms with Gasteiger partial charge in [0.05, 0.1) is 5.69 Å². The van der Waals surface area contributed by atoms with Crippen molar-refractivity contribution < 1.29 is 24.5 Å². The molecule has 10 nitrogen and oxygen atoms in total. The highest BCUT2D eigenvalue weighted by Gasteiger charge is 2.54. The molecule has 6 N–H and O–H groups in total. The number of aliphatic hydroxyl groups is 2. The summed E-state index contributed by atoms with van der Waals surface area (Å²) in [5, 5.41) is 25.3. The van der Waals surface area contributed by atoms with Crippen LogP contribution in [0.4, 0.5) is 5.82 Å². The van der Waals surface area contributed by atoms with Gasteiger partial charge in [-0.1, -0.05) is 20.8 Å². The fourth-order valence-electron chi connectivity index (χ4n) is 3.26. The van der Waals surface area contributed by atoms with Gasteiger partial charge in [0.1, 0.15) is 48.4 Å². The maximum absolute atomic E-state index is 12.2. The van der Waals surface area contributed by atoms with Crippen molar-refractivity contribution in [3.05, 3.63) is 24.2 Å². The van der Waals surface area contributed by atoms with Crippen molar-refractivity contribution in [1.29, 1.82) is 0 Å². The summed E-state index contributed by atoms with van der Waals surface area (Å²) in [7, 11) is 0. The molecule has 154 valence electrons. The SMILES string of the molecule is CC(C)(C)[C@H](N)C(=O)OC[C@H]1O[C@@](C)(c2ccc3c(N)ncnn23)[C@H](O)[C@@H]1O. The molecule has 5 atom stereocenters. The van der Waals surface area contributed by atoms with E-state index in [4.69, 9.17) is 20.9 Å². The van der Waals surface area contributed by atoms with Crippen molar-refractivity contribution in [2.24, 2.45) is 11.1 Å². The molecule has 1 saturated heterocycles. The van der Waals surface area contributed by atoms with Gasteiger partial charge in [0.25, 0.3) is 0 Å². The van der Waals surface area contributed by atoms with Crippen molar-refractivity contribution in [2.75, 3.05) is 12.3 Å². The van der Waals surface area contributed by atoms with Crippen LogP contribution in [-0.2, 0) is 19.9 Å². The van der Waals surface area contributed by atoms with Crippen LogP contribution in [0.3, 0.4) is 0 Å². The lowest BCUT2D eigenvalue weighted by atomic mass is 9.87. The molecule has 2 aromatic rings. The molecule has 0 spiro atoms. The van der Waals surface area contributed by atoms with E-state index in [-0.39, 0.29) is 12.4 Å². The Morgan fingerprint density at radius 3 is 2.75 bits per heavy atom. The molecule has 0 aromatic carbocycles. The second kappa shape index (κ2) is 6.96. The highest BCUT2D eigenvalue weighted by atomic mass is 16.6. The number of hydrogen-bond acceptors (Lipinski definition) is 9. The summed E-state index contributed by atoms with van der Waals surface area (Å²) in [6.07, 6.45) is -2.18. The molecular weight excluding hydrogens is 366 g/mol. The molecule has 2 aromatic heterocycles. The average molecular weight is 393 g/mol. The van der Waals surface area contributed by atoms with Crippen LogP contribution in [0, 0.1) is 5.41 Å². The molecule has 10 heteroatoms. The normalized spacial score (nSPS) is 29.2. The molecule has 0 amide bonds. The molecule has 1 fully saturated rings. The minimum atomic E-state index is -1.30. The zero-order valence-electron chi connectivity index (χ0n) is 16.4. The van der Waals surface area contributed by atoms with E-state index in [9.17, 15) is 15.0 Å². The monoisotopic (exact) mass is 393 g/mol. The van der Waals surface area contributed by atoms with Gasteiger partial charge < -0.3 is 31.2 Å². The van der Waals surface area contributed by atoms with E-state index in [1.165, 1.54) is 10.8 Å². The molecule has 1 aliphatic heterocycles. The van der Waals surface area contributed by atoms with Gasteiger partial charge in [-0.15, -0.1) is 0 Å². The Bertz CT molecular complexity index is 879. The van der Waals surface area contributed by atoms with Gasteiger partial charge in [-0.05, 0) is 24.5 Å². The van der Waals surface area contributed by atoms with Crippen LogP contribution in [0.25, 0.3) is 5.52 Å². The highest BCUT2D eigenvalue weighted by Crippen LogP contribution is 2.40. The highest BCUT2D eigenvalue weighted by molar-refractivity contribution is 5.76. The summed E-state index contributed by atoms with van der Waals surface area (Å²) in [5.74, 6) is -0.320. The maximum Gasteiger partial charge on any atom is 0.323 e. The van der Waals surface area contributed by atoms with Gasteiger partial charge >= 0.3 is 5.97 Å². The van der Waals surface area contributed by atoms with Crippen LogP contribution in [0.2, 0.25) is 0 Å². The number of carbonyl (C=O) groups excluding carboxylic acids is 1. The Balaban J connectivity index is 1.80. The molecular formula is C18H27N5O5. The Morgan fingerprint density at radius 2 is 2.11 bits per heavy atom. The average Bonchev–Trinajstić information content (AvgIpc) is 3.16. The number of hydrogen-bond donors (Lipinski definition) is 4. The number of nitrogens with two attached hydrogens (primary N) is 2. The minimum Gasteiger partial charge on any atom is -0.462 e. The molecule has 1 aliphatic rings. The van der Waals surface area contributed by atoms with Crippen LogP contribution >= 0.6 is 0 Å². The number of nitrogens with zero attached hydrogens (tertiary/aromatic N) is 3. The van der Waals surface area contributed by atoms with Crippen molar-refractivity contribution >= 4 is 17.3 Å². The van der Waals surface area contributed by atoms with Crippen LogP contribution in [0.15, 0.2) is 18.5 Å². The zero-order chi connectivity index (χ0) is 20.9. The van der Waals surface area contributed by atoms with E-state index in [1.807, 2.05) is 20.8 Å². The second-order valence-electron chi connectivity index (χ2n) is 8.33. The minimum absolute atomic E-state index is 0.239. The standard InChI is InChI=1S/C18H27N5O5/c1-17(2,3)13(19)16(26)27-7-10-12(24)14(25)18(4,28-10)11-6-5-9-15(20)21-8-22-23(9)11/h5-6,8,10,12-14,24-25H,7,19H2,1-4H3,(H2,20,21,22)/t10-,12-,13-,14-,18+/m1/s1. The first-order valence-electron chi connectivity index (χ1n) is 9.01. The Morgan fingerprint density at radius 1 is 1.43 bits per heavy atom. The number of fused-ring (bicyclic) bond motifs is 1. The summed E-state index contributed by atoms with van der Waals surface area (Å²) < 4.78 is 12.7. The Kier molecular flexibility index (Phi) is 5.09. The van der Waals surface area contributed by atoms with E-state index < -0.39 is 41.3 Å². The topological polar surface area (TPSA) is 158 Å². The summed E-state index contributed by atoms with van der Waals surface area (Å²) in [6, 6.07) is 2.57. The molecule has 0 aliphatic carbocycles. The number of aliphatic hydroxyl groups excluding tert-OH is 2. The third-order valence-corrected chi connectivity index (χ3v) is 5.23. The molecule has 0 saturated carbocycles. The van der Waals surface area contributed by atoms with E-state index in [2.05, 4.69) is 10.1 Å². The zero-order valence-corrected chi connectivity index (χ0v) is 16.4. The first-order valence-corrected chi connectivity index (χ1v) is 9.01. The van der Waals surface area contributed by atoms with E-state index in [0.29, 0.717) is 11.2 Å². The number of esters is 1. The quantitative estimate of drug-likeness (QED) is 0.505. The Hall–Kier alpha value is -2.27. The number of aromatic nitrogens is 3. The van der Waals surface area contributed by atoms with Gasteiger partial charge in [-0.3, -0.25) is 4.79 Å². The Labute approximate surface area is 162 Å². The van der Waals surface area contributed by atoms with Crippen LogP contribution in [0.5, 0.6) is 0 Å². The fraction of sp³-hybridized carbons (Fsp3) is 0.611. The van der Waals surface area contributed by atoms with Crippen molar-refractivity contribution in [2.45, 2.75) is 57.6 Å². The van der Waals surface area contributed by atoms with Crippen LogP contribution < -0.4 is 11.5 Å². The number of nitrogen functional groups attached to an aromatic ring is 1. The van der Waals surface area contributed by atoms with Crippen LogP contribution in [0.1, 0.15) is 33.4 Å². The van der Waals surface area contributed by atoms with Gasteiger partial charge in [0, 0.05) is 0 Å². The molecule has 28 heavy (non-hydrogen) atoms. The van der Waals surface area contributed by atoms with Crippen molar-refractivity contribution in [1.82, 2.24) is 14.6 Å². The van der Waals surface area contributed by atoms with Gasteiger partial charge in [0.15, 0.2) is 5.82 Å². The first kappa shape index (κ1) is 20.5. The summed E-state index contributed by atoms with van der Waals surface area (Å²) in [6.45, 7) is 6.87. The van der Waals surface area contributed by atoms with E-state index >= 15 is 0 Å². The lowest BCUT2D eigenvalue weighted by Crippen LogP contribution is -2.44. The summed E-state index contributed by atoms with van der Waals surface area (Å²) in [5.41, 5.74) is 11.0. The van der Waals surface area contributed by atoms with Crippen molar-refractivity contribution in [3.8, 4) is 0 Å². The van der Waals surface area contributed by atoms with Gasteiger partial charge in [-0.2, -0.15) is 5.10 Å². The molecule has 3 heterocycles. The number of carbonyl (C=O) groups is 1. The summed E-state index contributed by atoms with van der Waals surface area (Å²) >= 11 is 0. The third kappa shape index (κ3) is 3.32. The predicted molar refractivity (Wildman–Crippen MR) is 100 cm³/mol. The van der Waals surface area contributed by atoms with E-state index in [0.717, 1.165) is 0 Å². The first-order chi connectivity index (χ1) is 13.0. The summed E-state index contributed by atoms with van der Waals surface area (Å²) in [4.78, 5) is 16.1. The predicted octanol–water partition coefficient (Wildman–Crippen LogP) is -0.436. The molecule has 3 rings (SSSR count). The molecule has 0 bridgehead atoms. The second-order valence-corrected chi connectivity index (χ2v) is 8.33. The number of anilines is 1.